The lowest BCUT2D eigenvalue weighted by molar-refractivity contribution is 0.376. The maximum atomic E-state index is 12.2. The van der Waals surface area contributed by atoms with Gasteiger partial charge in [0.25, 0.3) is 0 Å². The van der Waals surface area contributed by atoms with Crippen LogP contribution in [0, 0.1) is 12.8 Å². The number of halogens is 2. The molecule has 1 aliphatic rings. The standard InChI is InChI=1S/C13H19ClN2O2S.ClH/c1-10-4-5-13(12(14)7-10)19(17,18)16-9-11-3-2-6-15-8-11;/h4-5,7,11,15-16H,2-3,6,8-9H2,1H3;1H. The molecule has 1 unspecified atom stereocenters. The summed E-state index contributed by atoms with van der Waals surface area (Å²) in [6.07, 6.45) is 2.15. The van der Waals surface area contributed by atoms with E-state index in [1.165, 1.54) is 0 Å². The third kappa shape index (κ3) is 4.60. The molecule has 2 N–H and O–H groups in total. The SMILES string of the molecule is Cc1ccc(S(=O)(=O)NCC2CCCNC2)c(Cl)c1.Cl. The van der Waals surface area contributed by atoms with Gasteiger partial charge in [0.1, 0.15) is 4.90 Å². The number of piperidine rings is 1. The minimum Gasteiger partial charge on any atom is -0.316 e. The molecule has 1 atom stereocenters. The molecule has 4 nitrogen and oxygen atoms in total. The van der Waals surface area contributed by atoms with Gasteiger partial charge in [0.05, 0.1) is 5.02 Å². The second-order valence-corrected chi connectivity index (χ2v) is 7.14. The van der Waals surface area contributed by atoms with Gasteiger partial charge in [-0.3, -0.25) is 0 Å². The van der Waals surface area contributed by atoms with Crippen LogP contribution in [0.1, 0.15) is 18.4 Å². The molecule has 1 heterocycles. The summed E-state index contributed by atoms with van der Waals surface area (Å²) in [7, 11) is -3.52. The van der Waals surface area contributed by atoms with Crippen molar-refractivity contribution >= 4 is 34.0 Å². The molecular weight excluding hydrogens is 319 g/mol. The van der Waals surface area contributed by atoms with Gasteiger partial charge < -0.3 is 5.32 Å². The van der Waals surface area contributed by atoms with E-state index in [4.69, 9.17) is 11.6 Å². The van der Waals surface area contributed by atoms with E-state index in [9.17, 15) is 8.42 Å². The molecule has 0 amide bonds. The Hall–Kier alpha value is -0.330. The largest absolute Gasteiger partial charge is 0.316 e. The minimum atomic E-state index is -3.52. The third-order valence-electron chi connectivity index (χ3n) is 3.34. The molecule has 0 radical (unpaired) electrons. The third-order valence-corrected chi connectivity index (χ3v) is 5.24. The topological polar surface area (TPSA) is 58.2 Å². The van der Waals surface area contributed by atoms with E-state index in [2.05, 4.69) is 10.0 Å². The second-order valence-electron chi connectivity index (χ2n) is 5.00. The van der Waals surface area contributed by atoms with Crippen molar-refractivity contribution in [1.82, 2.24) is 10.0 Å². The van der Waals surface area contributed by atoms with Gasteiger partial charge in [-0.05, 0) is 56.5 Å². The highest BCUT2D eigenvalue weighted by molar-refractivity contribution is 7.89. The van der Waals surface area contributed by atoms with E-state index in [0.29, 0.717) is 12.5 Å². The molecule has 0 spiro atoms. The number of nitrogens with one attached hydrogen (secondary N) is 2. The van der Waals surface area contributed by atoms with Crippen molar-refractivity contribution in [3.63, 3.8) is 0 Å². The molecule has 1 aromatic carbocycles. The van der Waals surface area contributed by atoms with Gasteiger partial charge in [0, 0.05) is 6.54 Å². The van der Waals surface area contributed by atoms with Gasteiger partial charge in [-0.1, -0.05) is 17.7 Å². The molecule has 1 aliphatic heterocycles. The molecule has 114 valence electrons. The second kappa shape index (κ2) is 7.61. The van der Waals surface area contributed by atoms with Crippen molar-refractivity contribution in [2.24, 2.45) is 5.92 Å². The van der Waals surface area contributed by atoms with Crippen LogP contribution >= 0.6 is 24.0 Å². The molecule has 1 saturated heterocycles. The fraction of sp³-hybridized carbons (Fsp3) is 0.538. The fourth-order valence-corrected chi connectivity index (χ4v) is 3.94. The molecule has 0 saturated carbocycles. The number of sulfonamides is 1. The summed E-state index contributed by atoms with van der Waals surface area (Å²) < 4.78 is 27.0. The van der Waals surface area contributed by atoms with Gasteiger partial charge >= 0.3 is 0 Å². The number of aryl methyl sites for hydroxylation is 1. The van der Waals surface area contributed by atoms with Crippen LogP contribution in [0.4, 0.5) is 0 Å². The lowest BCUT2D eigenvalue weighted by atomic mass is 10.0. The van der Waals surface area contributed by atoms with E-state index in [1.54, 1.807) is 18.2 Å². The Balaban J connectivity index is 0.00000200. The monoisotopic (exact) mass is 338 g/mol. The summed E-state index contributed by atoms with van der Waals surface area (Å²) in [5, 5.41) is 3.54. The zero-order chi connectivity index (χ0) is 13.9. The number of rotatable bonds is 4. The predicted octanol–water partition coefficient (Wildman–Crippen LogP) is 2.35. The van der Waals surface area contributed by atoms with Crippen LogP contribution < -0.4 is 10.0 Å². The highest BCUT2D eigenvalue weighted by atomic mass is 35.5. The van der Waals surface area contributed by atoms with Crippen molar-refractivity contribution in [1.29, 1.82) is 0 Å². The van der Waals surface area contributed by atoms with Crippen LogP contribution in [-0.4, -0.2) is 28.1 Å². The van der Waals surface area contributed by atoms with Crippen molar-refractivity contribution in [3.05, 3.63) is 28.8 Å². The van der Waals surface area contributed by atoms with Gasteiger partial charge in [0.15, 0.2) is 0 Å². The predicted molar refractivity (Wildman–Crippen MR) is 84.2 cm³/mol. The maximum Gasteiger partial charge on any atom is 0.242 e. The smallest absolute Gasteiger partial charge is 0.242 e. The Morgan fingerprint density at radius 1 is 1.45 bits per heavy atom. The first-order valence-electron chi connectivity index (χ1n) is 6.45. The minimum absolute atomic E-state index is 0. The first kappa shape index (κ1) is 17.7. The zero-order valence-corrected chi connectivity index (χ0v) is 13.7. The summed E-state index contributed by atoms with van der Waals surface area (Å²) in [6.45, 7) is 4.22. The van der Waals surface area contributed by atoms with Gasteiger partial charge in [0.2, 0.25) is 10.0 Å². The van der Waals surface area contributed by atoms with Gasteiger partial charge in [-0.25, -0.2) is 13.1 Å². The van der Waals surface area contributed by atoms with Crippen LogP contribution in [-0.2, 0) is 10.0 Å². The molecule has 1 aromatic rings. The Bertz CT molecular complexity index is 543. The molecule has 2 rings (SSSR count). The highest BCUT2D eigenvalue weighted by Gasteiger charge is 2.20. The number of hydrogen-bond donors (Lipinski definition) is 2. The molecule has 0 aromatic heterocycles. The summed E-state index contributed by atoms with van der Waals surface area (Å²) in [5.41, 5.74) is 0.945. The van der Waals surface area contributed by atoms with Crippen LogP contribution in [0.5, 0.6) is 0 Å². The molecular formula is C13H20Cl2N2O2S. The first-order valence-corrected chi connectivity index (χ1v) is 8.32. The quantitative estimate of drug-likeness (QED) is 0.885. The number of hydrogen-bond acceptors (Lipinski definition) is 3. The van der Waals surface area contributed by atoms with Crippen molar-refractivity contribution in [3.8, 4) is 0 Å². The number of benzene rings is 1. The molecule has 0 aliphatic carbocycles. The van der Waals surface area contributed by atoms with Crippen LogP contribution in [0.3, 0.4) is 0 Å². The van der Waals surface area contributed by atoms with Gasteiger partial charge in [-0.2, -0.15) is 0 Å². The Morgan fingerprint density at radius 2 is 2.20 bits per heavy atom. The molecule has 7 heteroatoms. The normalized spacial score (nSPS) is 19.4. The van der Waals surface area contributed by atoms with E-state index < -0.39 is 10.0 Å². The van der Waals surface area contributed by atoms with Crippen LogP contribution in [0.2, 0.25) is 5.02 Å². The summed E-state index contributed by atoms with van der Waals surface area (Å²) in [5.74, 6) is 0.354. The lowest BCUT2D eigenvalue weighted by Gasteiger charge is -2.22. The van der Waals surface area contributed by atoms with Crippen LogP contribution in [0.25, 0.3) is 0 Å². The summed E-state index contributed by atoms with van der Waals surface area (Å²) >= 11 is 6.00. The maximum absolute atomic E-state index is 12.2. The Labute approximate surface area is 131 Å². The van der Waals surface area contributed by atoms with Gasteiger partial charge in [-0.15, -0.1) is 12.4 Å². The van der Waals surface area contributed by atoms with E-state index in [0.717, 1.165) is 31.5 Å². The van der Waals surface area contributed by atoms with Crippen molar-refractivity contribution in [2.75, 3.05) is 19.6 Å². The summed E-state index contributed by atoms with van der Waals surface area (Å²) in [6, 6.07) is 4.97. The zero-order valence-electron chi connectivity index (χ0n) is 11.4. The Kier molecular flexibility index (Phi) is 6.75. The average molecular weight is 339 g/mol. The molecule has 1 fully saturated rings. The lowest BCUT2D eigenvalue weighted by Crippen LogP contribution is -2.38. The highest BCUT2D eigenvalue weighted by Crippen LogP contribution is 2.22. The van der Waals surface area contributed by atoms with Crippen molar-refractivity contribution in [2.45, 2.75) is 24.7 Å². The van der Waals surface area contributed by atoms with E-state index in [-0.39, 0.29) is 22.3 Å². The molecule has 0 bridgehead atoms. The Morgan fingerprint density at radius 3 is 2.80 bits per heavy atom. The summed E-state index contributed by atoms with van der Waals surface area (Å²) in [4.78, 5) is 0.156. The van der Waals surface area contributed by atoms with E-state index >= 15 is 0 Å². The fourth-order valence-electron chi connectivity index (χ4n) is 2.23. The van der Waals surface area contributed by atoms with Crippen LogP contribution in [0.15, 0.2) is 23.1 Å². The van der Waals surface area contributed by atoms with E-state index in [1.807, 2.05) is 6.92 Å². The first-order chi connectivity index (χ1) is 8.99. The van der Waals surface area contributed by atoms with Crippen molar-refractivity contribution < 1.29 is 8.42 Å². The average Bonchev–Trinajstić information content (AvgIpc) is 2.37. The molecule has 20 heavy (non-hydrogen) atoms.